The van der Waals surface area contributed by atoms with Crippen LogP contribution in [0.2, 0.25) is 0 Å². The summed E-state index contributed by atoms with van der Waals surface area (Å²) in [7, 11) is 0. The Balaban J connectivity index is 1.78. The SMILES string of the molecule is NCc1ccccc1Nc1cc(NC2CC2)ncn1. The predicted molar refractivity (Wildman–Crippen MR) is 76.3 cm³/mol. The van der Waals surface area contributed by atoms with Crippen LogP contribution < -0.4 is 16.4 Å². The lowest BCUT2D eigenvalue weighted by atomic mass is 10.2. The molecule has 0 aliphatic heterocycles. The van der Waals surface area contributed by atoms with Crippen LogP contribution in [0.25, 0.3) is 0 Å². The van der Waals surface area contributed by atoms with E-state index >= 15 is 0 Å². The summed E-state index contributed by atoms with van der Waals surface area (Å²) in [6.45, 7) is 0.501. The molecule has 1 fully saturated rings. The van der Waals surface area contributed by atoms with Gasteiger partial charge < -0.3 is 16.4 Å². The van der Waals surface area contributed by atoms with Crippen LogP contribution in [0.5, 0.6) is 0 Å². The van der Waals surface area contributed by atoms with Crippen LogP contribution in [0, 0.1) is 0 Å². The van der Waals surface area contributed by atoms with E-state index in [1.54, 1.807) is 6.33 Å². The smallest absolute Gasteiger partial charge is 0.135 e. The third-order valence-electron chi connectivity index (χ3n) is 3.10. The second-order valence-electron chi connectivity index (χ2n) is 4.69. The zero-order valence-corrected chi connectivity index (χ0v) is 10.6. The molecule has 5 nitrogen and oxygen atoms in total. The van der Waals surface area contributed by atoms with Gasteiger partial charge in [0.2, 0.25) is 0 Å². The lowest BCUT2D eigenvalue weighted by Crippen LogP contribution is -2.05. The molecule has 1 saturated carbocycles. The van der Waals surface area contributed by atoms with Crippen LogP contribution >= 0.6 is 0 Å². The minimum Gasteiger partial charge on any atom is -0.367 e. The van der Waals surface area contributed by atoms with Crippen molar-refractivity contribution in [2.75, 3.05) is 10.6 Å². The fourth-order valence-electron chi connectivity index (χ4n) is 1.90. The number of rotatable bonds is 5. The van der Waals surface area contributed by atoms with Crippen LogP contribution in [-0.2, 0) is 6.54 Å². The Kier molecular flexibility index (Phi) is 3.29. The van der Waals surface area contributed by atoms with Crippen molar-refractivity contribution in [2.24, 2.45) is 5.73 Å². The number of nitrogens with one attached hydrogen (secondary N) is 2. The Hall–Kier alpha value is -2.14. The molecule has 5 heteroatoms. The highest BCUT2D eigenvalue weighted by Crippen LogP contribution is 2.25. The highest BCUT2D eigenvalue weighted by molar-refractivity contribution is 5.62. The zero-order valence-electron chi connectivity index (χ0n) is 10.6. The van der Waals surface area contributed by atoms with Gasteiger partial charge in [-0.3, -0.25) is 0 Å². The Bertz CT molecular complexity index is 565. The molecule has 1 aromatic carbocycles. The highest BCUT2D eigenvalue weighted by atomic mass is 15.1. The second kappa shape index (κ2) is 5.24. The lowest BCUT2D eigenvalue weighted by Gasteiger charge is -2.11. The monoisotopic (exact) mass is 255 g/mol. The Labute approximate surface area is 112 Å². The van der Waals surface area contributed by atoms with E-state index in [2.05, 4.69) is 20.6 Å². The average Bonchev–Trinajstić information content (AvgIpc) is 3.24. The Morgan fingerprint density at radius 1 is 1.16 bits per heavy atom. The summed E-state index contributed by atoms with van der Waals surface area (Å²) >= 11 is 0. The van der Waals surface area contributed by atoms with Gasteiger partial charge >= 0.3 is 0 Å². The van der Waals surface area contributed by atoms with E-state index in [1.165, 1.54) is 12.8 Å². The van der Waals surface area contributed by atoms with Gasteiger partial charge in [0.25, 0.3) is 0 Å². The first-order valence-corrected chi connectivity index (χ1v) is 6.49. The van der Waals surface area contributed by atoms with E-state index in [9.17, 15) is 0 Å². The molecule has 0 spiro atoms. The van der Waals surface area contributed by atoms with Gasteiger partial charge in [0, 0.05) is 24.3 Å². The standard InChI is InChI=1S/C14H17N5/c15-8-10-3-1-2-4-12(10)19-14-7-13(16-9-17-14)18-11-5-6-11/h1-4,7,9,11H,5-6,8,15H2,(H2,16,17,18,19). The van der Waals surface area contributed by atoms with Gasteiger partial charge in [-0.05, 0) is 24.5 Å². The molecular formula is C14H17N5. The van der Waals surface area contributed by atoms with Crippen LogP contribution in [-0.4, -0.2) is 16.0 Å². The van der Waals surface area contributed by atoms with Gasteiger partial charge in [0.1, 0.15) is 18.0 Å². The zero-order chi connectivity index (χ0) is 13.1. The predicted octanol–water partition coefficient (Wildman–Crippen LogP) is 2.25. The van der Waals surface area contributed by atoms with E-state index < -0.39 is 0 Å². The number of hydrogen-bond donors (Lipinski definition) is 3. The highest BCUT2D eigenvalue weighted by Gasteiger charge is 2.21. The van der Waals surface area contributed by atoms with Crippen molar-refractivity contribution in [3.8, 4) is 0 Å². The Morgan fingerprint density at radius 2 is 1.95 bits per heavy atom. The van der Waals surface area contributed by atoms with Crippen LogP contribution in [0.3, 0.4) is 0 Å². The van der Waals surface area contributed by atoms with Gasteiger partial charge in [-0.15, -0.1) is 0 Å². The number of nitrogens with two attached hydrogens (primary N) is 1. The maximum atomic E-state index is 5.72. The summed E-state index contributed by atoms with van der Waals surface area (Å²) in [4.78, 5) is 8.45. The van der Waals surface area contributed by atoms with E-state index in [0.29, 0.717) is 12.6 Å². The van der Waals surface area contributed by atoms with Gasteiger partial charge in [-0.2, -0.15) is 0 Å². The maximum absolute atomic E-state index is 5.72. The fourth-order valence-corrected chi connectivity index (χ4v) is 1.90. The molecule has 98 valence electrons. The summed E-state index contributed by atoms with van der Waals surface area (Å²) in [5.41, 5.74) is 7.78. The molecule has 3 rings (SSSR count). The van der Waals surface area contributed by atoms with Crippen LogP contribution in [0.4, 0.5) is 17.3 Å². The molecule has 1 aliphatic rings. The Morgan fingerprint density at radius 3 is 2.74 bits per heavy atom. The quantitative estimate of drug-likeness (QED) is 0.764. The summed E-state index contributed by atoms with van der Waals surface area (Å²) in [5.74, 6) is 1.64. The number of nitrogens with zero attached hydrogens (tertiary/aromatic N) is 2. The minimum atomic E-state index is 0.501. The van der Waals surface area contributed by atoms with Crippen molar-refractivity contribution in [3.05, 3.63) is 42.2 Å². The molecule has 0 bridgehead atoms. The van der Waals surface area contributed by atoms with Crippen LogP contribution in [0.15, 0.2) is 36.7 Å². The molecule has 19 heavy (non-hydrogen) atoms. The van der Waals surface area contributed by atoms with Crippen molar-refractivity contribution < 1.29 is 0 Å². The molecule has 0 amide bonds. The van der Waals surface area contributed by atoms with E-state index in [4.69, 9.17) is 5.73 Å². The number of aromatic nitrogens is 2. The fraction of sp³-hybridized carbons (Fsp3) is 0.286. The van der Waals surface area contributed by atoms with E-state index in [-0.39, 0.29) is 0 Å². The molecule has 0 atom stereocenters. The molecule has 1 aromatic heterocycles. The summed E-state index contributed by atoms with van der Waals surface area (Å²) in [6.07, 6.45) is 4.02. The number of benzene rings is 1. The largest absolute Gasteiger partial charge is 0.367 e. The normalized spacial score (nSPS) is 14.2. The van der Waals surface area contributed by atoms with Crippen molar-refractivity contribution in [1.29, 1.82) is 0 Å². The number of anilines is 3. The van der Waals surface area contributed by atoms with Crippen molar-refractivity contribution >= 4 is 17.3 Å². The molecular weight excluding hydrogens is 238 g/mol. The van der Waals surface area contributed by atoms with Gasteiger partial charge in [0.15, 0.2) is 0 Å². The molecule has 0 radical (unpaired) electrons. The van der Waals surface area contributed by atoms with Crippen molar-refractivity contribution in [2.45, 2.75) is 25.4 Å². The minimum absolute atomic E-state index is 0.501. The van der Waals surface area contributed by atoms with Gasteiger partial charge in [-0.1, -0.05) is 18.2 Å². The molecule has 1 heterocycles. The molecule has 4 N–H and O–H groups in total. The summed E-state index contributed by atoms with van der Waals surface area (Å²) in [5, 5.41) is 6.64. The summed E-state index contributed by atoms with van der Waals surface area (Å²) < 4.78 is 0. The summed E-state index contributed by atoms with van der Waals surface area (Å²) in [6, 6.07) is 10.5. The van der Waals surface area contributed by atoms with E-state index in [1.807, 2.05) is 30.3 Å². The first-order valence-electron chi connectivity index (χ1n) is 6.49. The van der Waals surface area contributed by atoms with Crippen molar-refractivity contribution in [3.63, 3.8) is 0 Å². The third-order valence-corrected chi connectivity index (χ3v) is 3.10. The average molecular weight is 255 g/mol. The van der Waals surface area contributed by atoms with Gasteiger partial charge in [0.05, 0.1) is 0 Å². The van der Waals surface area contributed by atoms with Crippen LogP contribution in [0.1, 0.15) is 18.4 Å². The molecule has 0 unspecified atom stereocenters. The molecule has 1 aliphatic carbocycles. The first kappa shape index (κ1) is 11.9. The van der Waals surface area contributed by atoms with Gasteiger partial charge in [-0.25, -0.2) is 9.97 Å². The number of hydrogen-bond acceptors (Lipinski definition) is 5. The van der Waals surface area contributed by atoms with Crippen molar-refractivity contribution in [1.82, 2.24) is 9.97 Å². The topological polar surface area (TPSA) is 75.9 Å². The molecule has 0 saturated heterocycles. The third kappa shape index (κ3) is 3.00. The molecule has 2 aromatic rings. The number of para-hydroxylation sites is 1. The lowest BCUT2D eigenvalue weighted by molar-refractivity contribution is 1.06. The second-order valence-corrected chi connectivity index (χ2v) is 4.69. The van der Waals surface area contributed by atoms with E-state index in [0.717, 1.165) is 22.9 Å². The first-order chi connectivity index (χ1) is 9.35. The maximum Gasteiger partial charge on any atom is 0.135 e.